The van der Waals surface area contributed by atoms with Crippen LogP contribution in [-0.4, -0.2) is 34.8 Å². The molecule has 1 aromatic carbocycles. The predicted molar refractivity (Wildman–Crippen MR) is 119 cm³/mol. The van der Waals surface area contributed by atoms with Crippen molar-refractivity contribution in [3.8, 4) is 0 Å². The number of fused-ring (bicyclic) bond motifs is 5. The molecule has 4 nitrogen and oxygen atoms in total. The molecule has 2 N–H and O–H groups in total. The van der Waals surface area contributed by atoms with Gasteiger partial charge >= 0.3 is 0 Å². The molecule has 170 valence electrons. The third kappa shape index (κ3) is 2.87. The molecule has 3 unspecified atom stereocenters. The Morgan fingerprint density at radius 2 is 1.74 bits per heavy atom. The van der Waals surface area contributed by atoms with Gasteiger partial charge in [-0.25, -0.2) is 0 Å². The van der Waals surface area contributed by atoms with Crippen LogP contribution in [0.5, 0.6) is 0 Å². The lowest BCUT2D eigenvalue weighted by atomic mass is 9.43. The smallest absolute Gasteiger partial charge is 0.145 e. The Morgan fingerprint density at radius 1 is 0.968 bits per heavy atom. The van der Waals surface area contributed by atoms with Gasteiger partial charge in [-0.15, -0.1) is 0 Å². The number of hydrogen-bond donors (Lipinski definition) is 2. The van der Waals surface area contributed by atoms with E-state index >= 15 is 0 Å². The topological polar surface area (TPSA) is 66.8 Å². The molecule has 4 aliphatic carbocycles. The Morgan fingerprint density at radius 3 is 2.48 bits per heavy atom. The quantitative estimate of drug-likeness (QED) is 0.690. The van der Waals surface area contributed by atoms with Gasteiger partial charge in [-0.3, -0.25) is 0 Å². The summed E-state index contributed by atoms with van der Waals surface area (Å²) in [5.74, 6) is 1.34. The molecule has 0 bridgehead atoms. The van der Waals surface area contributed by atoms with Crippen LogP contribution in [0.15, 0.2) is 30.3 Å². The van der Waals surface area contributed by atoms with Crippen molar-refractivity contribution >= 4 is 6.29 Å². The number of benzene rings is 1. The standard InChI is InChI=1S/C27H38O4/c1-24-12-10-21(31-17-16-28)18-20(24)8-9-23-22(24)11-13-25(2)26(29,14-15-27(23,25)30)19-6-4-3-5-7-19/h3-7,16,20-23,29-30H,8-15,17-18H2,1-2H3/t20?,21?,22-,23-,24+,25-,26?,27-/m1/s1. The van der Waals surface area contributed by atoms with Gasteiger partial charge < -0.3 is 19.7 Å². The molecule has 0 amide bonds. The lowest BCUT2D eigenvalue weighted by molar-refractivity contribution is -0.239. The molecule has 31 heavy (non-hydrogen) atoms. The number of aldehydes is 1. The average molecular weight is 427 g/mol. The number of hydrogen-bond acceptors (Lipinski definition) is 4. The van der Waals surface area contributed by atoms with Crippen molar-refractivity contribution in [3.63, 3.8) is 0 Å². The molecule has 4 fully saturated rings. The second kappa shape index (κ2) is 7.40. The minimum Gasteiger partial charge on any atom is -0.389 e. The fraction of sp³-hybridized carbons (Fsp3) is 0.741. The van der Waals surface area contributed by atoms with Crippen molar-refractivity contribution in [2.75, 3.05) is 6.61 Å². The van der Waals surface area contributed by atoms with E-state index in [0.717, 1.165) is 56.8 Å². The van der Waals surface area contributed by atoms with E-state index in [1.54, 1.807) is 0 Å². The van der Waals surface area contributed by atoms with Crippen LogP contribution in [0.25, 0.3) is 0 Å². The third-order valence-electron chi connectivity index (χ3n) is 10.6. The largest absolute Gasteiger partial charge is 0.389 e. The van der Waals surface area contributed by atoms with E-state index in [4.69, 9.17) is 4.74 Å². The monoisotopic (exact) mass is 426 g/mol. The maximum atomic E-state index is 12.3. The van der Waals surface area contributed by atoms with E-state index in [1.807, 2.05) is 30.3 Å². The fourth-order valence-corrected chi connectivity index (χ4v) is 8.71. The van der Waals surface area contributed by atoms with E-state index in [0.29, 0.717) is 24.7 Å². The van der Waals surface area contributed by atoms with Crippen LogP contribution in [0.2, 0.25) is 0 Å². The van der Waals surface area contributed by atoms with E-state index in [2.05, 4.69) is 13.8 Å². The Kier molecular flexibility index (Phi) is 5.16. The summed E-state index contributed by atoms with van der Waals surface area (Å²) in [4.78, 5) is 10.7. The molecule has 0 heterocycles. The summed E-state index contributed by atoms with van der Waals surface area (Å²) in [6, 6.07) is 10.0. The van der Waals surface area contributed by atoms with Gasteiger partial charge in [-0.1, -0.05) is 44.2 Å². The molecule has 0 radical (unpaired) electrons. The number of carbonyl (C=O) groups excluding carboxylic acids is 1. The number of carbonyl (C=O) groups is 1. The predicted octanol–water partition coefficient (Wildman–Crippen LogP) is 4.62. The molecule has 4 saturated carbocycles. The van der Waals surface area contributed by atoms with Crippen LogP contribution in [0.1, 0.15) is 77.2 Å². The highest BCUT2D eigenvalue weighted by Crippen LogP contribution is 2.71. The van der Waals surface area contributed by atoms with E-state index in [-0.39, 0.29) is 24.0 Å². The minimum atomic E-state index is -0.966. The molecule has 0 spiro atoms. The minimum absolute atomic E-state index is 0.200. The van der Waals surface area contributed by atoms with Crippen LogP contribution < -0.4 is 0 Å². The Balaban J connectivity index is 1.43. The molecule has 4 aliphatic rings. The summed E-state index contributed by atoms with van der Waals surface area (Å²) in [6.45, 7) is 4.81. The molecular weight excluding hydrogens is 388 g/mol. The maximum absolute atomic E-state index is 12.3. The molecular formula is C27H38O4. The van der Waals surface area contributed by atoms with Crippen LogP contribution in [0.4, 0.5) is 0 Å². The maximum Gasteiger partial charge on any atom is 0.145 e. The highest BCUT2D eigenvalue weighted by atomic mass is 16.5. The molecule has 4 heteroatoms. The molecule has 8 atom stereocenters. The van der Waals surface area contributed by atoms with Crippen molar-refractivity contribution in [2.24, 2.45) is 28.6 Å². The molecule has 0 saturated heterocycles. The molecule has 5 rings (SSSR count). The summed E-state index contributed by atoms with van der Waals surface area (Å²) in [7, 11) is 0. The van der Waals surface area contributed by atoms with Gasteiger partial charge in [0.25, 0.3) is 0 Å². The zero-order valence-electron chi connectivity index (χ0n) is 19.1. The first kappa shape index (κ1) is 21.6. The first-order valence-electron chi connectivity index (χ1n) is 12.3. The number of aliphatic hydroxyl groups is 2. The summed E-state index contributed by atoms with van der Waals surface area (Å²) < 4.78 is 5.79. The van der Waals surface area contributed by atoms with Crippen molar-refractivity contribution in [1.82, 2.24) is 0 Å². The van der Waals surface area contributed by atoms with Crippen LogP contribution >= 0.6 is 0 Å². The molecule has 1 aromatic rings. The van der Waals surface area contributed by atoms with Crippen molar-refractivity contribution < 1.29 is 19.7 Å². The normalized spacial score (nSPS) is 49.0. The van der Waals surface area contributed by atoms with Crippen molar-refractivity contribution in [1.29, 1.82) is 0 Å². The van der Waals surface area contributed by atoms with Gasteiger partial charge in [0.15, 0.2) is 0 Å². The van der Waals surface area contributed by atoms with Crippen LogP contribution in [0.3, 0.4) is 0 Å². The second-order valence-corrected chi connectivity index (χ2v) is 11.4. The Labute approximate surface area is 186 Å². The van der Waals surface area contributed by atoms with Crippen LogP contribution in [0, 0.1) is 28.6 Å². The summed E-state index contributed by atoms with van der Waals surface area (Å²) in [5.41, 5.74) is -1.13. The summed E-state index contributed by atoms with van der Waals surface area (Å²) >= 11 is 0. The number of ether oxygens (including phenoxy) is 1. The van der Waals surface area contributed by atoms with Crippen molar-refractivity contribution in [3.05, 3.63) is 35.9 Å². The third-order valence-corrected chi connectivity index (χ3v) is 10.6. The van der Waals surface area contributed by atoms with Crippen molar-refractivity contribution in [2.45, 2.75) is 88.9 Å². The van der Waals surface area contributed by atoms with Gasteiger partial charge in [-0.2, -0.15) is 0 Å². The zero-order valence-corrected chi connectivity index (χ0v) is 19.1. The molecule has 0 aliphatic heterocycles. The highest BCUT2D eigenvalue weighted by molar-refractivity contribution is 5.50. The van der Waals surface area contributed by atoms with Gasteiger partial charge in [0.1, 0.15) is 12.9 Å². The van der Waals surface area contributed by atoms with Gasteiger partial charge in [0, 0.05) is 5.41 Å². The van der Waals surface area contributed by atoms with Gasteiger partial charge in [0.2, 0.25) is 0 Å². The summed E-state index contributed by atoms with van der Waals surface area (Å²) in [5, 5.41) is 24.3. The van der Waals surface area contributed by atoms with E-state index < -0.39 is 16.6 Å². The van der Waals surface area contributed by atoms with E-state index in [1.165, 1.54) is 0 Å². The highest BCUT2D eigenvalue weighted by Gasteiger charge is 2.71. The first-order chi connectivity index (χ1) is 14.8. The van der Waals surface area contributed by atoms with Crippen LogP contribution in [-0.2, 0) is 15.1 Å². The van der Waals surface area contributed by atoms with Gasteiger partial charge in [0.05, 0.1) is 17.3 Å². The first-order valence-corrected chi connectivity index (χ1v) is 12.3. The SMILES string of the molecule is C[C@]12CCC(OCC=O)CC1CC[C@@H]1[C@H]2CC[C@]2(C)C(O)(c3ccccc3)CC[C@@]12O. The fourth-order valence-electron chi connectivity index (χ4n) is 8.71. The second-order valence-electron chi connectivity index (χ2n) is 11.4. The Hall–Kier alpha value is -1.23. The number of rotatable bonds is 4. The zero-order chi connectivity index (χ0) is 21.9. The lowest BCUT2D eigenvalue weighted by Gasteiger charge is -2.64. The Bertz CT molecular complexity index is 826. The van der Waals surface area contributed by atoms with Gasteiger partial charge in [-0.05, 0) is 86.5 Å². The lowest BCUT2D eigenvalue weighted by Crippen LogP contribution is -2.64. The summed E-state index contributed by atoms with van der Waals surface area (Å²) in [6.07, 6.45) is 9.61. The average Bonchev–Trinajstić information content (AvgIpc) is 3.00. The van der Waals surface area contributed by atoms with E-state index in [9.17, 15) is 15.0 Å². The molecule has 0 aromatic heterocycles.